The Morgan fingerprint density at radius 3 is 1.77 bits per heavy atom. The Morgan fingerprint density at radius 1 is 0.393 bits per heavy atom. The average Bonchev–Trinajstić information content (AvgIpc) is 3.82. The molecule has 0 aliphatic heterocycles. The van der Waals surface area contributed by atoms with Crippen LogP contribution >= 0.6 is 0 Å². The molecule has 0 radical (unpaired) electrons. The van der Waals surface area contributed by atoms with Crippen LogP contribution in [-0.4, -0.2) is 0 Å². The standard InChI is InChI=1S/C59H41NO/c1-59(2)51-24-10-7-21-49(51)56-47(22-13-25-52(56)59)45-19-8-11-26-53(45)60(43-34-31-39(32-35-43)42-30-29-38-15-3-4-17-41(38)37-42)54-27-12-9-20-46(54)48-23-14-28-55-57(48)50-36-33-40-16-5-6-18-44(40)58(50)61-55/h3-37H,1-2H3. The number of hydrogen-bond donors (Lipinski definition) is 0. The first kappa shape index (κ1) is 35.3. The quantitative estimate of drug-likeness (QED) is 0.167. The van der Waals surface area contributed by atoms with E-state index in [1.165, 1.54) is 60.7 Å². The Balaban J connectivity index is 1.10. The van der Waals surface area contributed by atoms with Crippen LogP contribution in [0.5, 0.6) is 0 Å². The summed E-state index contributed by atoms with van der Waals surface area (Å²) >= 11 is 0. The summed E-state index contributed by atoms with van der Waals surface area (Å²) in [4.78, 5) is 2.47. The van der Waals surface area contributed by atoms with Crippen LogP contribution in [0.2, 0.25) is 0 Å². The molecule has 0 fully saturated rings. The third kappa shape index (κ3) is 5.49. The molecule has 2 heteroatoms. The van der Waals surface area contributed by atoms with E-state index in [1.807, 2.05) is 0 Å². The second-order valence-electron chi connectivity index (χ2n) is 16.8. The van der Waals surface area contributed by atoms with E-state index in [0.717, 1.165) is 55.5 Å². The van der Waals surface area contributed by atoms with Crippen molar-refractivity contribution in [1.29, 1.82) is 0 Å². The molecule has 0 amide bonds. The maximum Gasteiger partial charge on any atom is 0.143 e. The van der Waals surface area contributed by atoms with Crippen LogP contribution in [0.25, 0.3) is 88.0 Å². The van der Waals surface area contributed by atoms with Crippen molar-refractivity contribution in [3.8, 4) is 44.5 Å². The van der Waals surface area contributed by atoms with Gasteiger partial charge in [0.1, 0.15) is 11.2 Å². The summed E-state index contributed by atoms with van der Waals surface area (Å²) in [6.45, 7) is 4.71. The molecule has 0 spiro atoms. The van der Waals surface area contributed by atoms with Crippen molar-refractivity contribution in [1.82, 2.24) is 0 Å². The molecular formula is C59H41NO. The number of fused-ring (bicyclic) bond motifs is 9. The summed E-state index contributed by atoms with van der Waals surface area (Å²) in [5.41, 5.74) is 17.4. The third-order valence-corrected chi connectivity index (χ3v) is 13.1. The Labute approximate surface area is 355 Å². The average molecular weight is 780 g/mol. The highest BCUT2D eigenvalue weighted by Crippen LogP contribution is 2.54. The van der Waals surface area contributed by atoms with Gasteiger partial charge in [-0.15, -0.1) is 0 Å². The molecule has 0 saturated carbocycles. The van der Waals surface area contributed by atoms with Crippen molar-refractivity contribution in [2.75, 3.05) is 4.90 Å². The van der Waals surface area contributed by atoms with Crippen molar-refractivity contribution in [3.05, 3.63) is 223 Å². The van der Waals surface area contributed by atoms with E-state index in [2.05, 4.69) is 231 Å². The molecule has 1 aliphatic rings. The molecule has 61 heavy (non-hydrogen) atoms. The zero-order valence-electron chi connectivity index (χ0n) is 34.1. The van der Waals surface area contributed by atoms with E-state index in [4.69, 9.17) is 4.42 Å². The molecule has 1 heterocycles. The van der Waals surface area contributed by atoms with Gasteiger partial charge in [0.2, 0.25) is 0 Å². The smallest absolute Gasteiger partial charge is 0.143 e. The van der Waals surface area contributed by atoms with E-state index >= 15 is 0 Å². The summed E-state index contributed by atoms with van der Waals surface area (Å²) in [5.74, 6) is 0. The molecule has 0 unspecified atom stereocenters. The maximum absolute atomic E-state index is 6.73. The van der Waals surface area contributed by atoms with Crippen molar-refractivity contribution >= 4 is 60.5 Å². The molecule has 2 nitrogen and oxygen atoms in total. The molecule has 288 valence electrons. The Kier molecular flexibility index (Phi) is 7.92. The van der Waals surface area contributed by atoms with E-state index in [-0.39, 0.29) is 5.41 Å². The van der Waals surface area contributed by atoms with Gasteiger partial charge >= 0.3 is 0 Å². The minimum Gasteiger partial charge on any atom is -0.455 e. The van der Waals surface area contributed by atoms with Gasteiger partial charge < -0.3 is 9.32 Å². The Hall–Kier alpha value is -7.68. The number of anilines is 3. The molecular weight excluding hydrogens is 739 g/mol. The van der Waals surface area contributed by atoms with Crippen LogP contribution in [0.1, 0.15) is 25.0 Å². The Bertz CT molecular complexity index is 3520. The van der Waals surface area contributed by atoms with Crippen molar-refractivity contribution < 1.29 is 4.42 Å². The monoisotopic (exact) mass is 779 g/mol. The lowest BCUT2D eigenvalue weighted by Gasteiger charge is -2.30. The van der Waals surface area contributed by atoms with Gasteiger partial charge in [0.25, 0.3) is 0 Å². The minimum atomic E-state index is -0.112. The summed E-state index contributed by atoms with van der Waals surface area (Å²) in [6.07, 6.45) is 0. The topological polar surface area (TPSA) is 16.4 Å². The first-order chi connectivity index (χ1) is 30.0. The molecule has 0 bridgehead atoms. The van der Waals surface area contributed by atoms with Crippen LogP contribution in [-0.2, 0) is 5.41 Å². The van der Waals surface area contributed by atoms with Gasteiger partial charge in [-0.05, 0) is 103 Å². The lowest BCUT2D eigenvalue weighted by atomic mass is 9.82. The summed E-state index contributed by atoms with van der Waals surface area (Å²) in [7, 11) is 0. The van der Waals surface area contributed by atoms with Crippen LogP contribution in [0.3, 0.4) is 0 Å². The highest BCUT2D eigenvalue weighted by atomic mass is 16.3. The molecule has 1 aliphatic carbocycles. The fraction of sp³-hybridized carbons (Fsp3) is 0.0508. The maximum atomic E-state index is 6.73. The van der Waals surface area contributed by atoms with Crippen molar-refractivity contribution in [2.24, 2.45) is 0 Å². The molecule has 0 saturated heterocycles. The van der Waals surface area contributed by atoms with Crippen LogP contribution in [0.4, 0.5) is 17.1 Å². The highest BCUT2D eigenvalue weighted by Gasteiger charge is 2.37. The second kappa shape index (κ2) is 13.7. The fourth-order valence-electron chi connectivity index (χ4n) is 10.1. The number of benzene rings is 10. The summed E-state index contributed by atoms with van der Waals surface area (Å²) < 4.78 is 6.73. The second-order valence-corrected chi connectivity index (χ2v) is 16.8. The predicted molar refractivity (Wildman–Crippen MR) is 257 cm³/mol. The summed E-state index contributed by atoms with van der Waals surface area (Å²) in [5, 5.41) is 7.01. The Morgan fingerprint density at radius 2 is 0.967 bits per heavy atom. The first-order valence-electron chi connectivity index (χ1n) is 21.2. The fourth-order valence-corrected chi connectivity index (χ4v) is 10.1. The van der Waals surface area contributed by atoms with Gasteiger partial charge in [-0.25, -0.2) is 0 Å². The van der Waals surface area contributed by atoms with Gasteiger partial charge in [0.15, 0.2) is 0 Å². The first-order valence-corrected chi connectivity index (χ1v) is 21.2. The van der Waals surface area contributed by atoms with Crippen LogP contribution in [0.15, 0.2) is 217 Å². The van der Waals surface area contributed by atoms with Gasteiger partial charge in [0, 0.05) is 38.4 Å². The zero-order chi connectivity index (χ0) is 40.7. The van der Waals surface area contributed by atoms with Crippen molar-refractivity contribution in [2.45, 2.75) is 19.3 Å². The van der Waals surface area contributed by atoms with Gasteiger partial charge in [0.05, 0.1) is 11.4 Å². The van der Waals surface area contributed by atoms with Crippen LogP contribution < -0.4 is 4.90 Å². The van der Waals surface area contributed by atoms with E-state index in [9.17, 15) is 0 Å². The molecule has 11 aromatic rings. The lowest BCUT2D eigenvalue weighted by Crippen LogP contribution is -2.15. The number of rotatable bonds is 6. The molecule has 10 aromatic carbocycles. The van der Waals surface area contributed by atoms with E-state index < -0.39 is 0 Å². The third-order valence-electron chi connectivity index (χ3n) is 13.1. The van der Waals surface area contributed by atoms with E-state index in [0.29, 0.717) is 0 Å². The molecule has 0 N–H and O–H groups in total. The van der Waals surface area contributed by atoms with Gasteiger partial charge in [-0.2, -0.15) is 0 Å². The van der Waals surface area contributed by atoms with Crippen molar-refractivity contribution in [3.63, 3.8) is 0 Å². The van der Waals surface area contributed by atoms with Crippen LogP contribution in [0, 0.1) is 0 Å². The number of nitrogens with zero attached hydrogens (tertiary/aromatic N) is 1. The number of furan rings is 1. The molecule has 12 rings (SSSR count). The zero-order valence-corrected chi connectivity index (χ0v) is 34.1. The number of para-hydroxylation sites is 2. The van der Waals surface area contributed by atoms with Gasteiger partial charge in [-0.1, -0.05) is 184 Å². The largest absolute Gasteiger partial charge is 0.455 e. The highest BCUT2D eigenvalue weighted by molar-refractivity contribution is 6.20. The predicted octanol–water partition coefficient (Wildman–Crippen LogP) is 16.7. The lowest BCUT2D eigenvalue weighted by molar-refractivity contribution is 0.660. The molecule has 1 aromatic heterocycles. The normalized spacial score (nSPS) is 12.9. The minimum absolute atomic E-state index is 0.112. The molecule has 0 atom stereocenters. The number of hydrogen-bond acceptors (Lipinski definition) is 2. The van der Waals surface area contributed by atoms with E-state index in [1.54, 1.807) is 0 Å². The van der Waals surface area contributed by atoms with Gasteiger partial charge in [-0.3, -0.25) is 0 Å². The summed E-state index contributed by atoms with van der Waals surface area (Å²) in [6, 6.07) is 77.4. The SMILES string of the molecule is CC1(C)c2ccccc2-c2c(-c3ccccc3N(c3ccc(-c4ccc5ccccc5c4)cc3)c3ccccc3-c3cccc4oc5c6ccccc6ccc5c34)cccc21.